The van der Waals surface area contributed by atoms with Crippen LogP contribution in [0.15, 0.2) is 30.3 Å². The van der Waals surface area contributed by atoms with Gasteiger partial charge in [0.15, 0.2) is 0 Å². The summed E-state index contributed by atoms with van der Waals surface area (Å²) in [4.78, 5) is 12.1. The standard InChI is InChI=1S/C15H23N3O3S/c1-12-7-6-10-18(11-12)22(20,21)17-13(2)15(19)16-14-8-4-3-5-9-14/h3-5,8-9,12-13,17H,6-7,10-11H2,1-2H3,(H,16,19)/t12-,13-/m1/s1. The van der Waals surface area contributed by atoms with E-state index in [0.29, 0.717) is 24.7 Å². The lowest BCUT2D eigenvalue weighted by molar-refractivity contribution is -0.117. The van der Waals surface area contributed by atoms with Crippen molar-refractivity contribution in [1.29, 1.82) is 0 Å². The third-order valence-electron chi connectivity index (χ3n) is 3.72. The number of rotatable bonds is 5. The molecule has 0 bridgehead atoms. The van der Waals surface area contributed by atoms with Gasteiger partial charge in [0.2, 0.25) is 5.91 Å². The van der Waals surface area contributed by atoms with Crippen molar-refractivity contribution in [3.8, 4) is 0 Å². The monoisotopic (exact) mass is 325 g/mol. The molecule has 2 rings (SSSR count). The summed E-state index contributed by atoms with van der Waals surface area (Å²) in [7, 11) is -3.63. The topological polar surface area (TPSA) is 78.5 Å². The number of carbonyl (C=O) groups is 1. The maximum absolute atomic E-state index is 12.3. The quantitative estimate of drug-likeness (QED) is 0.863. The third kappa shape index (κ3) is 4.53. The molecule has 0 radical (unpaired) electrons. The van der Waals surface area contributed by atoms with Gasteiger partial charge in [-0.05, 0) is 37.8 Å². The first-order valence-electron chi connectivity index (χ1n) is 7.52. The van der Waals surface area contributed by atoms with Gasteiger partial charge in [-0.25, -0.2) is 0 Å². The molecular formula is C15H23N3O3S. The summed E-state index contributed by atoms with van der Waals surface area (Å²) in [5.74, 6) is -0.0291. The number of hydrogen-bond acceptors (Lipinski definition) is 3. The van der Waals surface area contributed by atoms with Gasteiger partial charge in [0.1, 0.15) is 0 Å². The molecule has 0 saturated carbocycles. The number of para-hydroxylation sites is 1. The van der Waals surface area contributed by atoms with E-state index < -0.39 is 16.3 Å². The average Bonchev–Trinajstić information content (AvgIpc) is 2.48. The Labute approximate surface area is 132 Å². The van der Waals surface area contributed by atoms with E-state index in [-0.39, 0.29) is 5.91 Å². The summed E-state index contributed by atoms with van der Waals surface area (Å²) < 4.78 is 28.5. The van der Waals surface area contributed by atoms with Crippen molar-refractivity contribution in [2.45, 2.75) is 32.7 Å². The molecule has 0 aliphatic carbocycles. The summed E-state index contributed by atoms with van der Waals surface area (Å²) in [6, 6.07) is 8.14. The molecule has 1 aliphatic heterocycles. The van der Waals surface area contributed by atoms with E-state index >= 15 is 0 Å². The lowest BCUT2D eigenvalue weighted by Crippen LogP contribution is -2.50. The van der Waals surface area contributed by atoms with Gasteiger partial charge in [0.25, 0.3) is 10.2 Å². The Balaban J connectivity index is 1.95. The highest BCUT2D eigenvalue weighted by Crippen LogP contribution is 2.18. The van der Waals surface area contributed by atoms with Crippen LogP contribution in [0.5, 0.6) is 0 Å². The van der Waals surface area contributed by atoms with Crippen LogP contribution in [0.2, 0.25) is 0 Å². The predicted octanol–water partition coefficient (Wildman–Crippen LogP) is 1.58. The molecule has 0 aromatic heterocycles. The van der Waals surface area contributed by atoms with Crippen LogP contribution in [0.1, 0.15) is 26.7 Å². The smallest absolute Gasteiger partial charge is 0.280 e. The number of hydrogen-bond donors (Lipinski definition) is 2. The minimum Gasteiger partial charge on any atom is -0.325 e. The van der Waals surface area contributed by atoms with E-state index in [1.165, 1.54) is 4.31 Å². The molecule has 122 valence electrons. The lowest BCUT2D eigenvalue weighted by atomic mass is 10.0. The first-order valence-corrected chi connectivity index (χ1v) is 8.96. The molecule has 1 fully saturated rings. The van der Waals surface area contributed by atoms with E-state index in [0.717, 1.165) is 12.8 Å². The van der Waals surface area contributed by atoms with Crippen molar-refractivity contribution < 1.29 is 13.2 Å². The SMILES string of the molecule is C[C@@H]1CCCN(S(=O)(=O)N[C@H](C)C(=O)Nc2ccccc2)C1. The summed E-state index contributed by atoms with van der Waals surface area (Å²) in [5, 5.41) is 2.69. The van der Waals surface area contributed by atoms with Crippen LogP contribution in [-0.2, 0) is 15.0 Å². The second kappa shape index (κ2) is 7.21. The molecular weight excluding hydrogens is 302 g/mol. The third-order valence-corrected chi connectivity index (χ3v) is 5.38. The van der Waals surface area contributed by atoms with Gasteiger partial charge in [-0.15, -0.1) is 0 Å². The van der Waals surface area contributed by atoms with Gasteiger partial charge in [0, 0.05) is 18.8 Å². The van der Waals surface area contributed by atoms with E-state index in [9.17, 15) is 13.2 Å². The van der Waals surface area contributed by atoms with Crippen LogP contribution in [-0.4, -0.2) is 37.8 Å². The second-order valence-corrected chi connectivity index (χ2v) is 7.51. The van der Waals surface area contributed by atoms with E-state index in [4.69, 9.17) is 0 Å². The summed E-state index contributed by atoms with van der Waals surface area (Å²) in [6.07, 6.45) is 1.89. The number of anilines is 1. The van der Waals surface area contributed by atoms with Gasteiger partial charge in [-0.1, -0.05) is 25.1 Å². The Morgan fingerprint density at radius 2 is 2.00 bits per heavy atom. The predicted molar refractivity (Wildman–Crippen MR) is 86.6 cm³/mol. The Morgan fingerprint density at radius 1 is 1.32 bits per heavy atom. The van der Waals surface area contributed by atoms with Crippen LogP contribution in [0.4, 0.5) is 5.69 Å². The van der Waals surface area contributed by atoms with E-state index in [2.05, 4.69) is 10.0 Å². The fourth-order valence-corrected chi connectivity index (χ4v) is 4.01. The van der Waals surface area contributed by atoms with Crippen LogP contribution >= 0.6 is 0 Å². The fourth-order valence-electron chi connectivity index (χ4n) is 2.49. The molecule has 1 aromatic rings. The molecule has 1 aliphatic rings. The first kappa shape index (κ1) is 16.9. The Kier molecular flexibility index (Phi) is 5.55. The number of nitrogens with zero attached hydrogens (tertiary/aromatic N) is 1. The number of amides is 1. The van der Waals surface area contributed by atoms with Crippen LogP contribution in [0, 0.1) is 5.92 Å². The highest BCUT2D eigenvalue weighted by Gasteiger charge is 2.29. The maximum Gasteiger partial charge on any atom is 0.280 e. The molecule has 0 unspecified atom stereocenters. The summed E-state index contributed by atoms with van der Waals surface area (Å²) in [5.41, 5.74) is 0.644. The molecule has 22 heavy (non-hydrogen) atoms. The highest BCUT2D eigenvalue weighted by molar-refractivity contribution is 7.87. The molecule has 2 atom stereocenters. The normalized spacial score (nSPS) is 21.3. The van der Waals surface area contributed by atoms with Gasteiger partial charge in [-0.2, -0.15) is 17.4 Å². The van der Waals surface area contributed by atoms with E-state index in [1.807, 2.05) is 13.0 Å². The highest BCUT2D eigenvalue weighted by atomic mass is 32.2. The molecule has 1 saturated heterocycles. The minimum atomic E-state index is -3.63. The van der Waals surface area contributed by atoms with Crippen molar-refractivity contribution in [3.63, 3.8) is 0 Å². The molecule has 7 heteroatoms. The molecule has 1 aromatic carbocycles. The van der Waals surface area contributed by atoms with Crippen molar-refractivity contribution in [1.82, 2.24) is 9.03 Å². The molecule has 1 amide bonds. The molecule has 2 N–H and O–H groups in total. The van der Waals surface area contributed by atoms with Crippen molar-refractivity contribution in [2.75, 3.05) is 18.4 Å². The van der Waals surface area contributed by atoms with E-state index in [1.54, 1.807) is 31.2 Å². The number of nitrogens with one attached hydrogen (secondary N) is 2. The van der Waals surface area contributed by atoms with Gasteiger partial charge < -0.3 is 5.32 Å². The fraction of sp³-hybridized carbons (Fsp3) is 0.533. The first-order chi connectivity index (χ1) is 10.4. The van der Waals surface area contributed by atoms with Crippen LogP contribution in [0.25, 0.3) is 0 Å². The van der Waals surface area contributed by atoms with Crippen molar-refractivity contribution in [3.05, 3.63) is 30.3 Å². The largest absolute Gasteiger partial charge is 0.325 e. The lowest BCUT2D eigenvalue weighted by Gasteiger charge is -2.30. The Bertz CT molecular complexity index is 604. The maximum atomic E-state index is 12.3. The summed E-state index contributed by atoms with van der Waals surface area (Å²) >= 11 is 0. The molecule has 0 spiro atoms. The second-order valence-electron chi connectivity index (χ2n) is 5.81. The van der Waals surface area contributed by atoms with Crippen LogP contribution < -0.4 is 10.0 Å². The zero-order valence-corrected chi connectivity index (χ0v) is 13.8. The van der Waals surface area contributed by atoms with Crippen molar-refractivity contribution in [2.24, 2.45) is 5.92 Å². The number of benzene rings is 1. The Hall–Kier alpha value is -1.44. The zero-order chi connectivity index (χ0) is 16.2. The molecule has 6 nitrogen and oxygen atoms in total. The summed E-state index contributed by atoms with van der Waals surface area (Å²) in [6.45, 7) is 4.59. The van der Waals surface area contributed by atoms with Crippen molar-refractivity contribution >= 4 is 21.8 Å². The average molecular weight is 325 g/mol. The Morgan fingerprint density at radius 3 is 2.64 bits per heavy atom. The van der Waals surface area contributed by atoms with Crippen LogP contribution in [0.3, 0.4) is 0 Å². The van der Waals surface area contributed by atoms with Gasteiger partial charge >= 0.3 is 0 Å². The van der Waals surface area contributed by atoms with Gasteiger partial charge in [0.05, 0.1) is 6.04 Å². The number of carbonyl (C=O) groups excluding carboxylic acids is 1. The minimum absolute atomic E-state index is 0.346. The number of piperidine rings is 1. The molecule has 1 heterocycles. The van der Waals surface area contributed by atoms with Gasteiger partial charge in [-0.3, -0.25) is 4.79 Å². The zero-order valence-electron chi connectivity index (χ0n) is 13.0.